The number of hydrogen-bond acceptors (Lipinski definition) is 8. The van der Waals surface area contributed by atoms with Crippen LogP contribution in [0.2, 0.25) is 0 Å². The summed E-state index contributed by atoms with van der Waals surface area (Å²) < 4.78 is 9.74. The van der Waals surface area contributed by atoms with Crippen LogP contribution in [-0.2, 0) is 4.74 Å². The summed E-state index contributed by atoms with van der Waals surface area (Å²) in [6, 6.07) is 0.218. The molecule has 1 aromatic heterocycles. The van der Waals surface area contributed by atoms with Crippen molar-refractivity contribution in [1.82, 2.24) is 15.0 Å². The van der Waals surface area contributed by atoms with Crippen LogP contribution in [-0.4, -0.2) is 47.9 Å². The molecule has 0 unspecified atom stereocenters. The maximum atomic E-state index is 10.4. The lowest BCUT2D eigenvalue weighted by Crippen LogP contribution is -2.19. The Hall–Kier alpha value is -2.32. The normalized spacial score (nSPS) is 9.67. The quantitative estimate of drug-likeness (QED) is 0.574. The van der Waals surface area contributed by atoms with Crippen molar-refractivity contribution >= 4 is 18.0 Å². The van der Waals surface area contributed by atoms with Crippen molar-refractivity contribution in [3.63, 3.8) is 0 Å². The van der Waals surface area contributed by atoms with E-state index in [0.29, 0.717) is 25.0 Å². The average Bonchev–Trinajstić information content (AvgIpc) is 2.34. The third kappa shape index (κ3) is 4.68. The van der Waals surface area contributed by atoms with Gasteiger partial charge >= 0.3 is 12.1 Å². The van der Waals surface area contributed by atoms with Crippen molar-refractivity contribution in [2.75, 3.05) is 37.4 Å². The summed E-state index contributed by atoms with van der Waals surface area (Å²) in [7, 11) is 1.69. The Labute approximate surface area is 104 Å². The fraction of sp³-hybridized carbons (Fsp3) is 0.556. The SMILES string of the molecule is CCOc1nc(NC)nc(NCCOC(N)=O)n1. The Morgan fingerprint density at radius 1 is 1.33 bits per heavy atom. The lowest BCUT2D eigenvalue weighted by molar-refractivity contribution is 0.161. The molecule has 1 rings (SSSR count). The minimum Gasteiger partial charge on any atom is -0.464 e. The van der Waals surface area contributed by atoms with Crippen molar-refractivity contribution in [2.45, 2.75) is 6.92 Å². The number of rotatable bonds is 7. The first kappa shape index (κ1) is 13.7. The smallest absolute Gasteiger partial charge is 0.404 e. The standard InChI is InChI=1S/C9H16N6O3/c1-3-17-9-14-7(11-2)13-8(15-9)12-4-5-18-6(10)16/h3-5H2,1-2H3,(H2,10,16)(H2,11,12,13,14,15). The molecule has 0 saturated heterocycles. The first-order chi connectivity index (χ1) is 8.65. The summed E-state index contributed by atoms with van der Waals surface area (Å²) in [6.07, 6.45) is -0.821. The Kier molecular flexibility index (Phi) is 5.42. The van der Waals surface area contributed by atoms with Crippen LogP contribution in [0, 0.1) is 0 Å². The van der Waals surface area contributed by atoms with Crippen LogP contribution >= 0.6 is 0 Å². The largest absolute Gasteiger partial charge is 0.464 e. The molecule has 100 valence electrons. The van der Waals surface area contributed by atoms with Crippen LogP contribution < -0.4 is 21.1 Å². The molecule has 0 radical (unpaired) electrons. The molecule has 18 heavy (non-hydrogen) atoms. The summed E-state index contributed by atoms with van der Waals surface area (Å²) >= 11 is 0. The number of aromatic nitrogens is 3. The van der Waals surface area contributed by atoms with Gasteiger partial charge in [0.25, 0.3) is 0 Å². The number of amides is 1. The summed E-state index contributed by atoms with van der Waals surface area (Å²) in [5.74, 6) is 0.706. The molecule has 0 spiro atoms. The van der Waals surface area contributed by atoms with Crippen LogP contribution in [0.4, 0.5) is 16.7 Å². The van der Waals surface area contributed by atoms with Gasteiger partial charge in [0.15, 0.2) is 0 Å². The lowest BCUT2D eigenvalue weighted by Gasteiger charge is -2.08. The van der Waals surface area contributed by atoms with Gasteiger partial charge in [-0.1, -0.05) is 0 Å². The molecule has 1 amide bonds. The van der Waals surface area contributed by atoms with Crippen molar-refractivity contribution in [2.24, 2.45) is 5.73 Å². The van der Waals surface area contributed by atoms with E-state index in [-0.39, 0.29) is 12.6 Å². The number of nitrogens with zero attached hydrogens (tertiary/aromatic N) is 3. The van der Waals surface area contributed by atoms with Gasteiger partial charge in [-0.25, -0.2) is 4.79 Å². The van der Waals surface area contributed by atoms with Gasteiger partial charge in [-0.2, -0.15) is 15.0 Å². The molecular formula is C9H16N6O3. The highest BCUT2D eigenvalue weighted by Gasteiger charge is 2.05. The van der Waals surface area contributed by atoms with Crippen molar-refractivity contribution in [1.29, 1.82) is 0 Å². The highest BCUT2D eigenvalue weighted by Crippen LogP contribution is 2.10. The maximum Gasteiger partial charge on any atom is 0.404 e. The first-order valence-electron chi connectivity index (χ1n) is 5.38. The second-order valence-electron chi connectivity index (χ2n) is 3.04. The predicted molar refractivity (Wildman–Crippen MR) is 64.6 cm³/mol. The summed E-state index contributed by atoms with van der Waals surface area (Å²) in [5, 5.41) is 5.65. The predicted octanol–water partition coefficient (Wildman–Crippen LogP) is -0.181. The van der Waals surface area contributed by atoms with Crippen molar-refractivity contribution in [3.8, 4) is 6.01 Å². The lowest BCUT2D eigenvalue weighted by atomic mass is 10.6. The summed E-state index contributed by atoms with van der Waals surface area (Å²) in [4.78, 5) is 22.4. The summed E-state index contributed by atoms with van der Waals surface area (Å²) in [6.45, 7) is 2.75. The van der Waals surface area contributed by atoms with E-state index < -0.39 is 6.09 Å². The number of ether oxygens (including phenoxy) is 2. The van der Waals surface area contributed by atoms with Crippen molar-refractivity contribution in [3.05, 3.63) is 0 Å². The molecule has 0 aliphatic heterocycles. The van der Waals surface area contributed by atoms with Gasteiger partial charge in [-0.3, -0.25) is 0 Å². The Balaban J connectivity index is 2.57. The molecular weight excluding hydrogens is 240 g/mol. The van der Waals surface area contributed by atoms with Gasteiger partial charge in [0.2, 0.25) is 11.9 Å². The topological polar surface area (TPSA) is 124 Å². The number of hydrogen-bond donors (Lipinski definition) is 3. The van der Waals surface area contributed by atoms with Crippen LogP contribution in [0.15, 0.2) is 0 Å². The molecule has 0 aliphatic carbocycles. The van der Waals surface area contributed by atoms with Crippen LogP contribution in [0.5, 0.6) is 6.01 Å². The molecule has 0 aliphatic rings. The van der Waals surface area contributed by atoms with Gasteiger partial charge in [0, 0.05) is 7.05 Å². The fourth-order valence-electron chi connectivity index (χ4n) is 1.06. The van der Waals surface area contributed by atoms with Crippen LogP contribution in [0.25, 0.3) is 0 Å². The molecule has 9 heteroatoms. The fourth-order valence-corrected chi connectivity index (χ4v) is 1.06. The van der Waals surface area contributed by atoms with E-state index in [1.54, 1.807) is 7.05 Å². The van der Waals surface area contributed by atoms with E-state index >= 15 is 0 Å². The second kappa shape index (κ2) is 7.09. The molecule has 0 bridgehead atoms. The van der Waals surface area contributed by atoms with Crippen molar-refractivity contribution < 1.29 is 14.3 Å². The van der Waals surface area contributed by atoms with E-state index in [4.69, 9.17) is 10.5 Å². The molecule has 4 N–H and O–H groups in total. The highest BCUT2D eigenvalue weighted by atomic mass is 16.5. The molecule has 9 nitrogen and oxygen atoms in total. The highest BCUT2D eigenvalue weighted by molar-refractivity contribution is 5.64. The Morgan fingerprint density at radius 2 is 2.06 bits per heavy atom. The summed E-state index contributed by atoms with van der Waals surface area (Å²) in [5.41, 5.74) is 4.82. The van der Waals surface area contributed by atoms with Gasteiger partial charge in [-0.15, -0.1) is 0 Å². The first-order valence-corrected chi connectivity index (χ1v) is 5.38. The monoisotopic (exact) mass is 256 g/mol. The molecule has 0 aromatic carbocycles. The number of carbonyl (C=O) groups is 1. The Morgan fingerprint density at radius 3 is 2.67 bits per heavy atom. The third-order valence-electron chi connectivity index (χ3n) is 1.74. The average molecular weight is 256 g/mol. The van der Waals surface area contributed by atoms with E-state index in [9.17, 15) is 4.79 Å². The number of nitrogens with one attached hydrogen (secondary N) is 2. The zero-order valence-electron chi connectivity index (χ0n) is 10.3. The van der Waals surface area contributed by atoms with E-state index in [0.717, 1.165) is 0 Å². The second-order valence-corrected chi connectivity index (χ2v) is 3.04. The number of anilines is 2. The molecule has 0 fully saturated rings. The van der Waals surface area contributed by atoms with E-state index in [2.05, 4.69) is 30.3 Å². The molecule has 0 atom stereocenters. The third-order valence-corrected chi connectivity index (χ3v) is 1.74. The van der Waals surface area contributed by atoms with Gasteiger partial charge < -0.3 is 25.8 Å². The van der Waals surface area contributed by atoms with Gasteiger partial charge in [0.05, 0.1) is 13.2 Å². The zero-order valence-corrected chi connectivity index (χ0v) is 10.3. The zero-order chi connectivity index (χ0) is 13.4. The molecule has 1 aromatic rings. The van der Waals surface area contributed by atoms with Crippen LogP contribution in [0.1, 0.15) is 6.92 Å². The maximum absolute atomic E-state index is 10.4. The van der Waals surface area contributed by atoms with Gasteiger partial charge in [-0.05, 0) is 6.92 Å². The minimum absolute atomic E-state index is 0.125. The molecule has 1 heterocycles. The van der Waals surface area contributed by atoms with Crippen LogP contribution in [0.3, 0.4) is 0 Å². The number of primary amides is 1. The number of nitrogens with two attached hydrogens (primary N) is 1. The van der Waals surface area contributed by atoms with Gasteiger partial charge in [0.1, 0.15) is 6.61 Å². The Bertz CT molecular complexity index is 400. The van der Waals surface area contributed by atoms with E-state index in [1.165, 1.54) is 0 Å². The molecule has 0 saturated carbocycles. The number of carbonyl (C=O) groups excluding carboxylic acids is 1. The minimum atomic E-state index is -0.821. The van der Waals surface area contributed by atoms with E-state index in [1.807, 2.05) is 6.92 Å².